The zero-order valence-corrected chi connectivity index (χ0v) is 10.3. The van der Waals surface area contributed by atoms with Crippen molar-refractivity contribution >= 4 is 0 Å². The molecule has 1 aromatic rings. The number of ether oxygens (including phenoxy) is 1. The van der Waals surface area contributed by atoms with Crippen LogP contribution in [0.25, 0.3) is 0 Å². The summed E-state index contributed by atoms with van der Waals surface area (Å²) in [7, 11) is 0. The largest absolute Gasteiger partial charge is 0.368 e. The van der Waals surface area contributed by atoms with Gasteiger partial charge in [-0.3, -0.25) is 0 Å². The molecule has 1 aliphatic rings. The summed E-state index contributed by atoms with van der Waals surface area (Å²) in [6.45, 7) is 3.68. The second kappa shape index (κ2) is 6.15. The molecule has 0 aromatic heterocycles. The van der Waals surface area contributed by atoms with E-state index in [1.807, 2.05) is 25.1 Å². The van der Waals surface area contributed by atoms with E-state index in [1.165, 1.54) is 5.56 Å². The van der Waals surface area contributed by atoms with Crippen LogP contribution in [0.15, 0.2) is 30.3 Å². The second-order valence-corrected chi connectivity index (χ2v) is 4.82. The summed E-state index contributed by atoms with van der Waals surface area (Å²) in [5.41, 5.74) is 1.28. The van der Waals surface area contributed by atoms with Gasteiger partial charge in [0.25, 0.3) is 0 Å². The highest BCUT2D eigenvalue weighted by Gasteiger charge is 2.25. The second-order valence-electron chi connectivity index (χ2n) is 4.82. The molecule has 3 heteroatoms. The molecule has 0 bridgehead atoms. The fourth-order valence-corrected chi connectivity index (χ4v) is 2.11. The Labute approximate surface area is 103 Å². The smallest absolute Gasteiger partial charge is 0.157 e. The quantitative estimate of drug-likeness (QED) is 0.837. The molecule has 1 aliphatic heterocycles. The molecule has 0 saturated carbocycles. The van der Waals surface area contributed by atoms with Crippen molar-refractivity contribution < 1.29 is 9.84 Å². The van der Waals surface area contributed by atoms with Gasteiger partial charge in [0.1, 0.15) is 0 Å². The van der Waals surface area contributed by atoms with Gasteiger partial charge in [-0.2, -0.15) is 0 Å². The van der Waals surface area contributed by atoms with Gasteiger partial charge in [-0.25, -0.2) is 0 Å². The van der Waals surface area contributed by atoms with Crippen molar-refractivity contribution in [1.82, 2.24) is 5.32 Å². The van der Waals surface area contributed by atoms with Crippen LogP contribution in [-0.2, 0) is 11.3 Å². The predicted molar refractivity (Wildman–Crippen MR) is 67.4 cm³/mol. The van der Waals surface area contributed by atoms with Crippen molar-refractivity contribution in [3.05, 3.63) is 35.9 Å². The van der Waals surface area contributed by atoms with E-state index in [9.17, 15) is 5.11 Å². The summed E-state index contributed by atoms with van der Waals surface area (Å²) in [4.78, 5) is 0. The number of hydrogen-bond donors (Lipinski definition) is 2. The molecule has 17 heavy (non-hydrogen) atoms. The molecule has 1 heterocycles. The van der Waals surface area contributed by atoms with E-state index in [4.69, 9.17) is 4.74 Å². The first-order chi connectivity index (χ1) is 8.25. The van der Waals surface area contributed by atoms with Crippen LogP contribution in [0, 0.1) is 5.92 Å². The molecular weight excluding hydrogens is 214 g/mol. The Morgan fingerprint density at radius 1 is 1.29 bits per heavy atom. The Balaban J connectivity index is 1.69. The molecule has 2 rings (SSSR count). The zero-order valence-electron chi connectivity index (χ0n) is 10.3. The van der Waals surface area contributed by atoms with Gasteiger partial charge in [0.2, 0.25) is 0 Å². The highest BCUT2D eigenvalue weighted by molar-refractivity contribution is 5.14. The topological polar surface area (TPSA) is 41.5 Å². The molecule has 0 radical (unpaired) electrons. The van der Waals surface area contributed by atoms with Crippen LogP contribution < -0.4 is 5.32 Å². The van der Waals surface area contributed by atoms with E-state index < -0.39 is 6.29 Å². The minimum atomic E-state index is -0.590. The molecule has 3 unspecified atom stereocenters. The van der Waals surface area contributed by atoms with Crippen LogP contribution >= 0.6 is 0 Å². The van der Waals surface area contributed by atoms with Crippen LogP contribution in [-0.4, -0.2) is 24.0 Å². The minimum Gasteiger partial charge on any atom is -0.368 e. The normalized spacial score (nSPS) is 29.2. The van der Waals surface area contributed by atoms with Crippen molar-refractivity contribution in [1.29, 1.82) is 0 Å². The Kier molecular flexibility index (Phi) is 4.54. The highest BCUT2D eigenvalue weighted by atomic mass is 16.6. The van der Waals surface area contributed by atoms with Gasteiger partial charge in [-0.05, 0) is 18.4 Å². The van der Waals surface area contributed by atoms with Crippen LogP contribution in [0.3, 0.4) is 0 Å². The molecule has 1 fully saturated rings. The summed E-state index contributed by atoms with van der Waals surface area (Å²) in [6, 6.07) is 10.3. The molecule has 3 atom stereocenters. The molecule has 94 valence electrons. The molecule has 0 amide bonds. The molecular formula is C14H21NO2. The van der Waals surface area contributed by atoms with Crippen LogP contribution in [0.1, 0.15) is 25.3 Å². The summed E-state index contributed by atoms with van der Waals surface area (Å²) in [5.74, 6) is 0.264. The maximum Gasteiger partial charge on any atom is 0.157 e. The van der Waals surface area contributed by atoms with Crippen molar-refractivity contribution in [2.24, 2.45) is 5.92 Å². The maximum atomic E-state index is 9.61. The Morgan fingerprint density at radius 3 is 2.76 bits per heavy atom. The first kappa shape index (κ1) is 12.6. The zero-order chi connectivity index (χ0) is 12.1. The average molecular weight is 235 g/mol. The molecule has 1 saturated heterocycles. The van der Waals surface area contributed by atoms with E-state index >= 15 is 0 Å². The van der Waals surface area contributed by atoms with Gasteiger partial charge in [0.05, 0.1) is 6.10 Å². The summed E-state index contributed by atoms with van der Waals surface area (Å²) >= 11 is 0. The molecule has 0 spiro atoms. The number of benzene rings is 1. The third-order valence-corrected chi connectivity index (χ3v) is 3.31. The van der Waals surface area contributed by atoms with Crippen LogP contribution in [0.2, 0.25) is 0 Å². The van der Waals surface area contributed by atoms with Crippen molar-refractivity contribution in [3.63, 3.8) is 0 Å². The predicted octanol–water partition coefficient (Wildman–Crippen LogP) is 1.91. The maximum absolute atomic E-state index is 9.61. The van der Waals surface area contributed by atoms with Crippen LogP contribution in [0.5, 0.6) is 0 Å². The lowest BCUT2D eigenvalue weighted by atomic mass is 9.99. The fourth-order valence-electron chi connectivity index (χ4n) is 2.11. The van der Waals surface area contributed by atoms with Crippen molar-refractivity contribution in [2.75, 3.05) is 6.54 Å². The lowest BCUT2D eigenvalue weighted by Crippen LogP contribution is -2.39. The molecule has 2 N–H and O–H groups in total. The van der Waals surface area contributed by atoms with Crippen molar-refractivity contribution in [3.8, 4) is 0 Å². The number of aliphatic hydroxyl groups excluding tert-OH is 1. The van der Waals surface area contributed by atoms with Gasteiger partial charge in [-0.15, -0.1) is 0 Å². The van der Waals surface area contributed by atoms with Crippen molar-refractivity contribution in [2.45, 2.75) is 38.7 Å². The van der Waals surface area contributed by atoms with Gasteiger partial charge < -0.3 is 15.2 Å². The Morgan fingerprint density at radius 2 is 2.06 bits per heavy atom. The van der Waals surface area contributed by atoms with E-state index in [2.05, 4.69) is 17.4 Å². The van der Waals surface area contributed by atoms with Gasteiger partial charge in [0.15, 0.2) is 6.29 Å². The Bertz CT molecular complexity index is 328. The van der Waals surface area contributed by atoms with Crippen LogP contribution in [0.4, 0.5) is 0 Å². The lowest BCUT2D eigenvalue weighted by Gasteiger charge is -2.31. The number of hydrogen-bond acceptors (Lipinski definition) is 3. The monoisotopic (exact) mass is 235 g/mol. The van der Waals surface area contributed by atoms with E-state index in [0.717, 1.165) is 25.9 Å². The number of rotatable bonds is 4. The molecule has 0 aliphatic carbocycles. The number of aliphatic hydroxyl groups is 1. The third kappa shape index (κ3) is 3.80. The van der Waals surface area contributed by atoms with E-state index in [1.54, 1.807) is 0 Å². The van der Waals surface area contributed by atoms with Gasteiger partial charge in [0, 0.05) is 19.0 Å². The first-order valence-corrected chi connectivity index (χ1v) is 6.34. The molecule has 3 nitrogen and oxygen atoms in total. The van der Waals surface area contributed by atoms with E-state index in [0.29, 0.717) is 0 Å². The third-order valence-electron chi connectivity index (χ3n) is 3.31. The summed E-state index contributed by atoms with van der Waals surface area (Å²) in [5, 5.41) is 13.0. The molecule has 1 aromatic carbocycles. The van der Waals surface area contributed by atoms with Gasteiger partial charge in [-0.1, -0.05) is 37.3 Å². The first-order valence-electron chi connectivity index (χ1n) is 6.34. The number of nitrogens with one attached hydrogen (secondary N) is 1. The summed E-state index contributed by atoms with van der Waals surface area (Å²) in [6.07, 6.45) is 1.62. The standard InChI is InChI=1S/C14H21NO2/c1-11-7-8-13(17-14(11)16)10-15-9-12-5-3-2-4-6-12/h2-6,11,13-16H,7-10H2,1H3. The Hall–Kier alpha value is -0.900. The average Bonchev–Trinajstić information content (AvgIpc) is 2.35. The van der Waals surface area contributed by atoms with E-state index in [-0.39, 0.29) is 12.0 Å². The summed E-state index contributed by atoms with van der Waals surface area (Å²) < 4.78 is 5.53. The minimum absolute atomic E-state index is 0.143. The SMILES string of the molecule is CC1CCC(CNCc2ccccc2)OC1O. The lowest BCUT2D eigenvalue weighted by molar-refractivity contribution is -0.187. The fraction of sp³-hybridized carbons (Fsp3) is 0.571. The van der Waals surface area contributed by atoms with Gasteiger partial charge >= 0.3 is 0 Å². The highest BCUT2D eigenvalue weighted by Crippen LogP contribution is 2.22.